The second-order valence-corrected chi connectivity index (χ2v) is 9.02. The number of aromatic nitrogens is 3. The third kappa shape index (κ3) is 6.37. The van der Waals surface area contributed by atoms with E-state index in [2.05, 4.69) is 45.5 Å². The lowest BCUT2D eigenvalue weighted by Gasteiger charge is -2.31. The first-order valence-corrected chi connectivity index (χ1v) is 11.8. The molecule has 0 bridgehead atoms. The highest BCUT2D eigenvalue weighted by molar-refractivity contribution is 7.71. The van der Waals surface area contributed by atoms with Gasteiger partial charge in [0.25, 0.3) is 0 Å². The van der Waals surface area contributed by atoms with E-state index in [4.69, 9.17) is 17.0 Å². The molecule has 0 radical (unpaired) electrons. The summed E-state index contributed by atoms with van der Waals surface area (Å²) in [6.07, 6.45) is 0.606. The zero-order valence-corrected chi connectivity index (χ0v) is 20.0. The van der Waals surface area contributed by atoms with Gasteiger partial charge in [0.15, 0.2) is 10.6 Å². The summed E-state index contributed by atoms with van der Waals surface area (Å²) in [5.41, 5.74) is 4.51. The number of hydrogen-bond donors (Lipinski definition) is 2. The van der Waals surface area contributed by atoms with Crippen LogP contribution in [-0.4, -0.2) is 51.4 Å². The van der Waals surface area contributed by atoms with Gasteiger partial charge >= 0.3 is 0 Å². The zero-order valence-electron chi connectivity index (χ0n) is 19.2. The summed E-state index contributed by atoms with van der Waals surface area (Å²) in [6.45, 7) is 8.71. The third-order valence-electron chi connectivity index (χ3n) is 5.84. The first kappa shape index (κ1) is 23.4. The first-order valence-electron chi connectivity index (χ1n) is 11.4. The minimum atomic E-state index is -0.0136. The number of H-pyrrole nitrogens is 1. The summed E-state index contributed by atoms with van der Waals surface area (Å²) >= 11 is 5.38. The molecule has 8 heteroatoms. The lowest BCUT2D eigenvalue weighted by Crippen LogP contribution is -2.40. The third-order valence-corrected chi connectivity index (χ3v) is 6.15. The van der Waals surface area contributed by atoms with E-state index in [1.54, 1.807) is 0 Å². The standard InChI is InChI=1S/C25H31N5O2S/c1-18-6-8-22(9-7-18)24-27-28-25(33)30(24)11-10-23(31)26-15-20-4-3-5-21(14-20)17-29-12-13-32-19(2)16-29/h3-9,14,19H,10-13,15-17H2,1-2H3,(H,26,31)(H,28,33). The van der Waals surface area contributed by atoms with Gasteiger partial charge in [-0.05, 0) is 37.2 Å². The van der Waals surface area contributed by atoms with E-state index in [1.807, 2.05) is 41.8 Å². The fraction of sp³-hybridized carbons (Fsp3) is 0.400. The van der Waals surface area contributed by atoms with Crippen molar-refractivity contribution in [2.75, 3.05) is 19.7 Å². The first-order chi connectivity index (χ1) is 16.0. The number of carbonyl (C=O) groups excluding carboxylic acids is 1. The molecular weight excluding hydrogens is 434 g/mol. The van der Waals surface area contributed by atoms with Crippen LogP contribution in [0.2, 0.25) is 0 Å². The minimum absolute atomic E-state index is 0.0136. The number of rotatable bonds is 8. The van der Waals surface area contributed by atoms with Crippen molar-refractivity contribution >= 4 is 18.1 Å². The molecule has 33 heavy (non-hydrogen) atoms. The van der Waals surface area contributed by atoms with Gasteiger partial charge in [0.05, 0.1) is 12.7 Å². The van der Waals surface area contributed by atoms with E-state index in [1.165, 1.54) is 11.1 Å². The molecule has 0 saturated carbocycles. The van der Waals surface area contributed by atoms with Gasteiger partial charge in [-0.25, -0.2) is 0 Å². The molecule has 7 nitrogen and oxygen atoms in total. The Morgan fingerprint density at radius 2 is 2.03 bits per heavy atom. The molecular formula is C25H31N5O2S. The van der Waals surface area contributed by atoms with E-state index in [9.17, 15) is 4.79 Å². The number of hydrogen-bond acceptors (Lipinski definition) is 5. The van der Waals surface area contributed by atoms with Crippen molar-refractivity contribution in [3.8, 4) is 11.4 Å². The average Bonchev–Trinajstić information content (AvgIpc) is 3.17. The van der Waals surface area contributed by atoms with Crippen LogP contribution in [0.25, 0.3) is 11.4 Å². The maximum absolute atomic E-state index is 12.5. The zero-order chi connectivity index (χ0) is 23.2. The van der Waals surface area contributed by atoms with E-state index in [0.717, 1.165) is 43.2 Å². The fourth-order valence-corrected chi connectivity index (χ4v) is 4.30. The van der Waals surface area contributed by atoms with Crippen molar-refractivity contribution in [1.29, 1.82) is 0 Å². The number of ether oxygens (including phenoxy) is 1. The predicted octanol–water partition coefficient (Wildman–Crippen LogP) is 3.84. The topological polar surface area (TPSA) is 75.2 Å². The summed E-state index contributed by atoms with van der Waals surface area (Å²) < 4.78 is 8.02. The van der Waals surface area contributed by atoms with Crippen LogP contribution in [0.3, 0.4) is 0 Å². The molecule has 3 aromatic rings. The van der Waals surface area contributed by atoms with E-state index in [0.29, 0.717) is 24.3 Å². The maximum atomic E-state index is 12.5. The number of benzene rings is 2. The monoisotopic (exact) mass is 465 g/mol. The van der Waals surface area contributed by atoms with Crippen molar-refractivity contribution in [2.45, 2.75) is 46.0 Å². The smallest absolute Gasteiger partial charge is 0.222 e. The van der Waals surface area contributed by atoms with Crippen molar-refractivity contribution in [2.24, 2.45) is 0 Å². The van der Waals surface area contributed by atoms with Crippen LogP contribution >= 0.6 is 12.2 Å². The highest BCUT2D eigenvalue weighted by Gasteiger charge is 2.16. The molecule has 1 fully saturated rings. The molecule has 1 amide bonds. The molecule has 1 aliphatic rings. The minimum Gasteiger partial charge on any atom is -0.376 e. The Morgan fingerprint density at radius 1 is 1.24 bits per heavy atom. The molecule has 2 heterocycles. The van der Waals surface area contributed by atoms with Gasteiger partial charge in [-0.2, -0.15) is 5.10 Å². The summed E-state index contributed by atoms with van der Waals surface area (Å²) in [6, 6.07) is 16.5. The summed E-state index contributed by atoms with van der Waals surface area (Å²) in [7, 11) is 0. The van der Waals surface area contributed by atoms with Crippen molar-refractivity contribution < 1.29 is 9.53 Å². The molecule has 2 aromatic carbocycles. The van der Waals surface area contributed by atoms with E-state index < -0.39 is 0 Å². The number of aryl methyl sites for hydroxylation is 1. The van der Waals surface area contributed by atoms with Crippen LogP contribution in [-0.2, 0) is 29.2 Å². The number of nitrogens with one attached hydrogen (secondary N) is 2. The summed E-state index contributed by atoms with van der Waals surface area (Å²) in [5, 5.41) is 10.2. The molecule has 1 atom stereocenters. The van der Waals surface area contributed by atoms with E-state index in [-0.39, 0.29) is 12.0 Å². The van der Waals surface area contributed by atoms with E-state index >= 15 is 0 Å². The second-order valence-electron chi connectivity index (χ2n) is 8.63. The molecule has 0 aliphatic carbocycles. The highest BCUT2D eigenvalue weighted by Crippen LogP contribution is 2.18. The molecule has 2 N–H and O–H groups in total. The van der Waals surface area contributed by atoms with Crippen molar-refractivity contribution in [3.05, 3.63) is 70.0 Å². The SMILES string of the molecule is Cc1ccc(-c2n[nH]c(=S)n2CCC(=O)NCc2cccc(CN3CCOC(C)C3)c2)cc1. The Balaban J connectivity index is 1.30. The Bertz CT molecular complexity index is 1140. The quantitative estimate of drug-likeness (QED) is 0.495. The number of nitrogens with zero attached hydrogens (tertiary/aromatic N) is 3. The number of carbonyl (C=O) groups is 1. The van der Waals surface area contributed by atoms with Crippen LogP contribution in [0.15, 0.2) is 48.5 Å². The normalized spacial score (nSPS) is 16.6. The van der Waals surface area contributed by atoms with Gasteiger partial charge < -0.3 is 10.1 Å². The van der Waals surface area contributed by atoms with Gasteiger partial charge in [0.1, 0.15) is 0 Å². The van der Waals surface area contributed by atoms with Crippen LogP contribution in [0.1, 0.15) is 30.0 Å². The Hall–Kier alpha value is -2.81. The van der Waals surface area contributed by atoms with Crippen molar-refractivity contribution in [3.63, 3.8) is 0 Å². The number of morpholine rings is 1. The Kier molecular flexibility index (Phi) is 7.69. The molecule has 1 saturated heterocycles. The van der Waals surface area contributed by atoms with Crippen LogP contribution < -0.4 is 5.32 Å². The summed E-state index contributed by atoms with van der Waals surface area (Å²) in [5.74, 6) is 0.735. The Morgan fingerprint density at radius 3 is 2.82 bits per heavy atom. The van der Waals surface area contributed by atoms with Crippen molar-refractivity contribution in [1.82, 2.24) is 25.0 Å². The van der Waals surface area contributed by atoms with Gasteiger partial charge in [-0.15, -0.1) is 0 Å². The van der Waals surface area contributed by atoms with Gasteiger partial charge in [0.2, 0.25) is 5.91 Å². The fourth-order valence-electron chi connectivity index (χ4n) is 4.08. The molecule has 0 spiro atoms. The molecule has 1 unspecified atom stereocenters. The molecule has 4 rings (SSSR count). The lowest BCUT2D eigenvalue weighted by atomic mass is 10.1. The molecule has 174 valence electrons. The maximum Gasteiger partial charge on any atom is 0.222 e. The number of amides is 1. The number of aromatic amines is 1. The largest absolute Gasteiger partial charge is 0.376 e. The summed E-state index contributed by atoms with van der Waals surface area (Å²) in [4.78, 5) is 15.0. The van der Waals surface area contributed by atoms with Crippen LogP contribution in [0, 0.1) is 11.7 Å². The predicted molar refractivity (Wildman–Crippen MR) is 131 cm³/mol. The average molecular weight is 466 g/mol. The Labute approximate surface area is 199 Å². The van der Waals surface area contributed by atoms with Crippen LogP contribution in [0.5, 0.6) is 0 Å². The lowest BCUT2D eigenvalue weighted by molar-refractivity contribution is -0.121. The van der Waals surface area contributed by atoms with Gasteiger partial charge in [-0.3, -0.25) is 19.4 Å². The molecule has 1 aromatic heterocycles. The highest BCUT2D eigenvalue weighted by atomic mass is 32.1. The van der Waals surface area contributed by atoms with Gasteiger partial charge in [0, 0.05) is 44.7 Å². The molecule has 1 aliphatic heterocycles. The second kappa shape index (κ2) is 10.9. The van der Waals surface area contributed by atoms with Gasteiger partial charge in [-0.1, -0.05) is 54.1 Å². The van der Waals surface area contributed by atoms with Crippen LogP contribution in [0.4, 0.5) is 0 Å².